The molecule has 122 valence electrons. The molecule has 2 aliphatic rings. The number of hydrogen-bond donors (Lipinski definition) is 1. The van der Waals surface area contributed by atoms with E-state index in [1.807, 2.05) is 6.92 Å². The molecule has 3 rings (SSSR count). The monoisotopic (exact) mass is 304 g/mol. The molecule has 0 saturated heterocycles. The number of rotatable bonds is 2. The Bertz CT molecular complexity index is 614. The van der Waals surface area contributed by atoms with Gasteiger partial charge in [0.1, 0.15) is 11.5 Å². The van der Waals surface area contributed by atoms with Gasteiger partial charge in [-0.05, 0) is 63.2 Å². The summed E-state index contributed by atoms with van der Waals surface area (Å²) in [5, 5.41) is 10.4. The second kappa shape index (κ2) is 5.75. The van der Waals surface area contributed by atoms with E-state index in [9.17, 15) is 9.90 Å². The number of fused-ring (bicyclic) bond motifs is 1. The van der Waals surface area contributed by atoms with Crippen molar-refractivity contribution in [1.29, 1.82) is 0 Å². The van der Waals surface area contributed by atoms with Gasteiger partial charge in [0.2, 0.25) is 0 Å². The summed E-state index contributed by atoms with van der Waals surface area (Å²) >= 11 is 0. The predicted molar refractivity (Wildman–Crippen MR) is 87.2 cm³/mol. The Labute approximate surface area is 132 Å². The zero-order valence-corrected chi connectivity index (χ0v) is 14.1. The first kappa shape index (κ1) is 15.6. The third-order valence-electron chi connectivity index (χ3n) is 6.60. The van der Waals surface area contributed by atoms with Crippen molar-refractivity contribution >= 4 is 0 Å². The minimum absolute atomic E-state index is 0.162. The molecule has 0 spiro atoms. The van der Waals surface area contributed by atoms with Gasteiger partial charge in [0, 0.05) is 5.56 Å². The Kier molecular flexibility index (Phi) is 4.09. The molecule has 2 aliphatic carbocycles. The molecule has 3 nitrogen and oxygen atoms in total. The summed E-state index contributed by atoms with van der Waals surface area (Å²) in [7, 11) is 0. The topological polar surface area (TPSA) is 50.4 Å². The summed E-state index contributed by atoms with van der Waals surface area (Å²) in [4.78, 5) is 12.2. The van der Waals surface area contributed by atoms with E-state index in [1.165, 1.54) is 44.9 Å². The van der Waals surface area contributed by atoms with Crippen LogP contribution in [0.3, 0.4) is 0 Å². The lowest BCUT2D eigenvalue weighted by molar-refractivity contribution is 0.00125. The van der Waals surface area contributed by atoms with Crippen LogP contribution in [0.5, 0.6) is 5.75 Å². The van der Waals surface area contributed by atoms with E-state index < -0.39 is 0 Å². The van der Waals surface area contributed by atoms with Gasteiger partial charge in [0.25, 0.3) is 0 Å². The second-order valence-corrected chi connectivity index (χ2v) is 7.68. The minimum atomic E-state index is -0.345. The van der Waals surface area contributed by atoms with Gasteiger partial charge in [-0.25, -0.2) is 4.79 Å². The van der Waals surface area contributed by atoms with Gasteiger partial charge in [0.15, 0.2) is 0 Å². The molecule has 3 heteroatoms. The van der Waals surface area contributed by atoms with Gasteiger partial charge in [-0.3, -0.25) is 0 Å². The first-order valence-electron chi connectivity index (χ1n) is 8.75. The number of aryl methyl sites for hydroxylation is 1. The van der Waals surface area contributed by atoms with E-state index in [4.69, 9.17) is 4.42 Å². The third kappa shape index (κ3) is 2.49. The first-order chi connectivity index (χ1) is 10.4. The van der Waals surface area contributed by atoms with Gasteiger partial charge < -0.3 is 9.52 Å². The number of hydrogen-bond acceptors (Lipinski definition) is 3. The van der Waals surface area contributed by atoms with Crippen molar-refractivity contribution in [2.45, 2.75) is 72.1 Å². The van der Waals surface area contributed by atoms with Crippen LogP contribution in [-0.4, -0.2) is 5.11 Å². The highest BCUT2D eigenvalue weighted by atomic mass is 16.4. The maximum absolute atomic E-state index is 12.2. The van der Waals surface area contributed by atoms with Gasteiger partial charge in [-0.2, -0.15) is 0 Å². The highest BCUT2D eigenvalue weighted by Gasteiger charge is 2.45. The van der Waals surface area contributed by atoms with Crippen LogP contribution in [0.4, 0.5) is 0 Å². The molecule has 0 amide bonds. The van der Waals surface area contributed by atoms with Crippen molar-refractivity contribution < 1.29 is 9.52 Å². The molecule has 3 atom stereocenters. The molecule has 0 unspecified atom stereocenters. The fourth-order valence-corrected chi connectivity index (χ4v) is 4.91. The highest BCUT2D eigenvalue weighted by molar-refractivity contribution is 5.39. The Morgan fingerprint density at radius 2 is 1.91 bits per heavy atom. The third-order valence-corrected chi connectivity index (χ3v) is 6.60. The van der Waals surface area contributed by atoms with Gasteiger partial charge >= 0.3 is 5.63 Å². The molecular weight excluding hydrogens is 276 g/mol. The van der Waals surface area contributed by atoms with E-state index in [0.29, 0.717) is 34.6 Å². The van der Waals surface area contributed by atoms with Crippen molar-refractivity contribution in [2.24, 2.45) is 17.3 Å². The zero-order chi connectivity index (χ0) is 15.9. The second-order valence-electron chi connectivity index (χ2n) is 7.68. The van der Waals surface area contributed by atoms with E-state index in [-0.39, 0.29) is 11.4 Å². The normalized spacial score (nSPS) is 31.8. The van der Waals surface area contributed by atoms with Crippen LogP contribution in [0.15, 0.2) is 9.21 Å². The molecule has 2 fully saturated rings. The molecule has 0 aromatic carbocycles. The molecule has 1 N–H and O–H groups in total. The van der Waals surface area contributed by atoms with Crippen molar-refractivity contribution in [3.63, 3.8) is 0 Å². The van der Waals surface area contributed by atoms with Gasteiger partial charge in [-0.1, -0.05) is 26.2 Å². The quantitative estimate of drug-likeness (QED) is 0.875. The summed E-state index contributed by atoms with van der Waals surface area (Å²) in [5.74, 6) is 1.97. The van der Waals surface area contributed by atoms with E-state index >= 15 is 0 Å². The Morgan fingerprint density at radius 3 is 2.68 bits per heavy atom. The first-order valence-corrected chi connectivity index (χ1v) is 8.75. The lowest BCUT2D eigenvalue weighted by Crippen LogP contribution is -2.42. The summed E-state index contributed by atoms with van der Waals surface area (Å²) < 4.78 is 5.31. The van der Waals surface area contributed by atoms with E-state index in [2.05, 4.69) is 6.92 Å². The van der Waals surface area contributed by atoms with Crippen molar-refractivity contribution in [1.82, 2.24) is 0 Å². The fourth-order valence-electron chi connectivity index (χ4n) is 4.91. The van der Waals surface area contributed by atoms with Crippen molar-refractivity contribution in [2.75, 3.05) is 0 Å². The molecule has 0 aliphatic heterocycles. The average molecular weight is 304 g/mol. The molecule has 1 aromatic heterocycles. The Balaban J connectivity index is 1.92. The van der Waals surface area contributed by atoms with Crippen molar-refractivity contribution in [3.05, 3.63) is 27.3 Å². The maximum atomic E-state index is 12.2. The largest absolute Gasteiger partial charge is 0.507 e. The Hall–Kier alpha value is -1.25. The minimum Gasteiger partial charge on any atom is -0.507 e. The highest BCUT2D eigenvalue weighted by Crippen LogP contribution is 2.54. The molecular formula is C19H28O3. The van der Waals surface area contributed by atoms with Crippen LogP contribution in [0.1, 0.15) is 68.8 Å². The van der Waals surface area contributed by atoms with Crippen LogP contribution in [0.2, 0.25) is 0 Å². The summed E-state index contributed by atoms with van der Waals surface area (Å²) in [6, 6.07) is 0. The average Bonchev–Trinajstić information content (AvgIpc) is 2.49. The number of aromatic hydroxyl groups is 1. The van der Waals surface area contributed by atoms with Crippen LogP contribution in [-0.2, 0) is 6.42 Å². The van der Waals surface area contributed by atoms with E-state index in [0.717, 1.165) is 5.92 Å². The van der Waals surface area contributed by atoms with Crippen LogP contribution in [0.25, 0.3) is 0 Å². The van der Waals surface area contributed by atoms with Crippen LogP contribution in [0, 0.1) is 31.1 Å². The van der Waals surface area contributed by atoms with Crippen LogP contribution >= 0.6 is 0 Å². The van der Waals surface area contributed by atoms with Crippen LogP contribution < -0.4 is 5.63 Å². The molecule has 0 bridgehead atoms. The van der Waals surface area contributed by atoms with E-state index in [1.54, 1.807) is 6.92 Å². The standard InChI is InChI=1S/C19H28O3/c1-12-13(2)22-18(21)16(17(12)20)11-15-9-6-8-14-7-4-5-10-19(14,15)3/h14-15,20H,4-11H2,1-3H3/t14-,15-,19+/m1/s1. The molecule has 1 aromatic rings. The smallest absolute Gasteiger partial charge is 0.342 e. The molecule has 0 radical (unpaired) electrons. The zero-order valence-electron chi connectivity index (χ0n) is 14.1. The summed E-state index contributed by atoms with van der Waals surface area (Å²) in [6.45, 7) is 5.97. The summed E-state index contributed by atoms with van der Waals surface area (Å²) in [6.07, 6.45) is 9.67. The van der Waals surface area contributed by atoms with Gasteiger partial charge in [-0.15, -0.1) is 0 Å². The molecule has 22 heavy (non-hydrogen) atoms. The SMILES string of the molecule is Cc1oc(=O)c(C[C@H]2CCC[C@H]3CCCC[C@@]32C)c(O)c1C. The van der Waals surface area contributed by atoms with Gasteiger partial charge in [0.05, 0.1) is 5.56 Å². The molecule has 2 saturated carbocycles. The molecule has 1 heterocycles. The lowest BCUT2D eigenvalue weighted by atomic mass is 9.54. The fraction of sp³-hybridized carbons (Fsp3) is 0.737. The predicted octanol–water partition coefficient (Wildman–Crippen LogP) is 4.50. The summed E-state index contributed by atoms with van der Waals surface area (Å²) in [5.41, 5.74) is 1.19. The maximum Gasteiger partial charge on any atom is 0.342 e. The Morgan fingerprint density at radius 1 is 1.18 bits per heavy atom. The van der Waals surface area contributed by atoms with Crippen molar-refractivity contribution in [3.8, 4) is 5.75 Å². The lowest BCUT2D eigenvalue weighted by Gasteiger charge is -2.50.